The van der Waals surface area contributed by atoms with Gasteiger partial charge >= 0.3 is 0 Å². The molecule has 0 aromatic carbocycles. The molecule has 9 heavy (non-hydrogen) atoms. The fourth-order valence-corrected chi connectivity index (χ4v) is 0.796. The molecule has 0 aliphatic rings. The summed E-state index contributed by atoms with van der Waals surface area (Å²) in [6.07, 6.45) is 5.51. The van der Waals surface area contributed by atoms with Gasteiger partial charge in [0.05, 0.1) is 0 Å². The normalized spacial score (nSPS) is 12.4. The molecule has 50 valence electrons. The van der Waals surface area contributed by atoms with Crippen LogP contribution < -0.4 is 0 Å². The highest BCUT2D eigenvalue weighted by atomic mass is 79.9. The van der Waals surface area contributed by atoms with Gasteiger partial charge in [0.25, 0.3) is 0 Å². The molecule has 0 atom stereocenters. The molecule has 0 N–H and O–H groups in total. The van der Waals surface area contributed by atoms with E-state index in [9.17, 15) is 0 Å². The third kappa shape index (κ3) is 4.15. The summed E-state index contributed by atoms with van der Waals surface area (Å²) in [4.78, 5) is 3.98. The Balaban J connectivity index is 3.84. The summed E-state index contributed by atoms with van der Waals surface area (Å²) < 4.78 is 0. The molecule has 0 rings (SSSR count). The van der Waals surface area contributed by atoms with Crippen molar-refractivity contribution in [1.82, 2.24) is 0 Å². The van der Waals surface area contributed by atoms with E-state index in [1.54, 1.807) is 13.1 Å². The van der Waals surface area contributed by atoms with Crippen LogP contribution in [-0.2, 0) is 0 Å². The second-order valence-electron chi connectivity index (χ2n) is 1.44. The van der Waals surface area contributed by atoms with Crippen molar-refractivity contribution >= 4 is 21.6 Å². The zero-order chi connectivity index (χ0) is 7.11. The van der Waals surface area contributed by atoms with Gasteiger partial charge in [0.15, 0.2) is 0 Å². The van der Waals surface area contributed by atoms with Gasteiger partial charge < -0.3 is 0 Å². The van der Waals surface area contributed by atoms with Gasteiger partial charge in [-0.25, -0.2) is 0 Å². The van der Waals surface area contributed by atoms with Gasteiger partial charge in [-0.15, -0.1) is 0 Å². The standard InChI is InChI=1S/C7H10BrN/c1-3-4-5-7(6-8)9-2/h3-5H,1,6H2,2H3/b5-4-,9-7+. The molecule has 0 bridgehead atoms. The predicted molar refractivity (Wildman–Crippen MR) is 46.5 cm³/mol. The lowest BCUT2D eigenvalue weighted by Crippen LogP contribution is -1.92. The minimum Gasteiger partial charge on any atom is -0.292 e. The molecule has 0 aromatic heterocycles. The van der Waals surface area contributed by atoms with E-state index in [1.165, 1.54) is 0 Å². The van der Waals surface area contributed by atoms with Crippen LogP contribution in [0.5, 0.6) is 0 Å². The van der Waals surface area contributed by atoms with E-state index in [0.717, 1.165) is 11.0 Å². The molecule has 0 aromatic rings. The minimum absolute atomic E-state index is 0.799. The van der Waals surface area contributed by atoms with Crippen LogP contribution in [0.3, 0.4) is 0 Å². The first-order chi connectivity index (χ1) is 4.35. The summed E-state index contributed by atoms with van der Waals surface area (Å²) in [7, 11) is 1.77. The lowest BCUT2D eigenvalue weighted by molar-refractivity contribution is 1.44. The SMILES string of the molecule is C=C/C=C\C(CBr)=N/C. The van der Waals surface area contributed by atoms with E-state index in [2.05, 4.69) is 27.5 Å². The van der Waals surface area contributed by atoms with Crippen LogP contribution >= 0.6 is 15.9 Å². The van der Waals surface area contributed by atoms with E-state index in [-0.39, 0.29) is 0 Å². The van der Waals surface area contributed by atoms with E-state index in [4.69, 9.17) is 0 Å². The maximum Gasteiger partial charge on any atom is 0.0452 e. The quantitative estimate of drug-likeness (QED) is 0.365. The molecule has 0 unspecified atom stereocenters. The van der Waals surface area contributed by atoms with Crippen LogP contribution in [0.1, 0.15) is 0 Å². The van der Waals surface area contributed by atoms with Crippen molar-refractivity contribution < 1.29 is 0 Å². The first kappa shape index (κ1) is 8.63. The van der Waals surface area contributed by atoms with E-state index < -0.39 is 0 Å². The molecule has 0 radical (unpaired) electrons. The smallest absolute Gasteiger partial charge is 0.0452 e. The van der Waals surface area contributed by atoms with Crippen molar-refractivity contribution in [3.8, 4) is 0 Å². The Hall–Kier alpha value is -0.370. The summed E-state index contributed by atoms with van der Waals surface area (Å²) in [5, 5.41) is 0.799. The number of hydrogen-bond donors (Lipinski definition) is 0. The monoisotopic (exact) mass is 187 g/mol. The second-order valence-corrected chi connectivity index (χ2v) is 2.00. The van der Waals surface area contributed by atoms with Gasteiger partial charge in [0, 0.05) is 18.1 Å². The van der Waals surface area contributed by atoms with Gasteiger partial charge in [-0.05, 0) is 6.08 Å². The fourth-order valence-electron chi connectivity index (χ4n) is 0.358. The average Bonchev–Trinajstić information content (AvgIpc) is 1.91. The number of rotatable bonds is 3. The lowest BCUT2D eigenvalue weighted by Gasteiger charge is -1.87. The summed E-state index contributed by atoms with van der Waals surface area (Å²) in [6.45, 7) is 3.54. The highest BCUT2D eigenvalue weighted by Crippen LogP contribution is 1.87. The predicted octanol–water partition coefficient (Wildman–Crippen LogP) is 2.19. The van der Waals surface area contributed by atoms with Gasteiger partial charge in [-0.2, -0.15) is 0 Å². The molecule has 0 spiro atoms. The third-order valence-electron chi connectivity index (χ3n) is 0.849. The van der Waals surface area contributed by atoms with Crippen molar-refractivity contribution in [2.45, 2.75) is 0 Å². The Labute approximate surface area is 64.3 Å². The van der Waals surface area contributed by atoms with Gasteiger partial charge in [0.1, 0.15) is 0 Å². The Kier molecular flexibility index (Phi) is 5.52. The highest BCUT2D eigenvalue weighted by Gasteiger charge is 1.83. The van der Waals surface area contributed by atoms with Crippen LogP contribution in [0, 0.1) is 0 Å². The summed E-state index contributed by atoms with van der Waals surface area (Å²) in [5.41, 5.74) is 1.02. The number of hydrogen-bond acceptors (Lipinski definition) is 1. The largest absolute Gasteiger partial charge is 0.292 e. The number of aliphatic imine (C=N–C) groups is 1. The Morgan fingerprint density at radius 2 is 2.44 bits per heavy atom. The molecule has 0 amide bonds. The molecular formula is C7H10BrN. The Bertz CT molecular complexity index is 136. The molecule has 0 saturated heterocycles. The Morgan fingerprint density at radius 1 is 1.78 bits per heavy atom. The zero-order valence-corrected chi connectivity index (χ0v) is 7.06. The first-order valence-electron chi connectivity index (χ1n) is 2.66. The lowest BCUT2D eigenvalue weighted by atomic mass is 10.4. The van der Waals surface area contributed by atoms with E-state index >= 15 is 0 Å². The fraction of sp³-hybridized carbons (Fsp3) is 0.286. The van der Waals surface area contributed by atoms with Crippen LogP contribution in [0.25, 0.3) is 0 Å². The summed E-state index contributed by atoms with van der Waals surface area (Å²) >= 11 is 3.29. The van der Waals surface area contributed by atoms with Crippen molar-refractivity contribution in [2.75, 3.05) is 12.4 Å². The van der Waals surface area contributed by atoms with E-state index in [0.29, 0.717) is 0 Å². The molecule has 0 saturated carbocycles. The van der Waals surface area contributed by atoms with Gasteiger partial charge in [-0.3, -0.25) is 4.99 Å². The first-order valence-corrected chi connectivity index (χ1v) is 3.78. The molecule has 2 heteroatoms. The van der Waals surface area contributed by atoms with E-state index in [1.807, 2.05) is 12.2 Å². The molecule has 1 nitrogen and oxygen atoms in total. The molecule has 0 heterocycles. The number of alkyl halides is 1. The van der Waals surface area contributed by atoms with Crippen molar-refractivity contribution in [3.05, 3.63) is 24.8 Å². The van der Waals surface area contributed by atoms with Crippen LogP contribution in [-0.4, -0.2) is 18.1 Å². The van der Waals surface area contributed by atoms with Crippen LogP contribution in [0.2, 0.25) is 0 Å². The number of allylic oxidation sites excluding steroid dienone is 3. The third-order valence-corrected chi connectivity index (χ3v) is 1.42. The van der Waals surface area contributed by atoms with Gasteiger partial charge in [0.2, 0.25) is 0 Å². The summed E-state index contributed by atoms with van der Waals surface area (Å²) in [5.74, 6) is 0. The van der Waals surface area contributed by atoms with Crippen LogP contribution in [0.4, 0.5) is 0 Å². The highest BCUT2D eigenvalue weighted by molar-refractivity contribution is 9.09. The topological polar surface area (TPSA) is 12.4 Å². The summed E-state index contributed by atoms with van der Waals surface area (Å²) in [6, 6.07) is 0. The molecule has 0 fully saturated rings. The van der Waals surface area contributed by atoms with Crippen LogP contribution in [0.15, 0.2) is 29.8 Å². The van der Waals surface area contributed by atoms with Gasteiger partial charge in [-0.1, -0.05) is 34.7 Å². The maximum atomic E-state index is 3.98. The second kappa shape index (κ2) is 5.76. The molecular weight excluding hydrogens is 178 g/mol. The molecule has 0 aliphatic heterocycles. The van der Waals surface area contributed by atoms with Crippen molar-refractivity contribution in [3.63, 3.8) is 0 Å². The number of nitrogens with zero attached hydrogens (tertiary/aromatic N) is 1. The minimum atomic E-state index is 0.799. The van der Waals surface area contributed by atoms with Crippen molar-refractivity contribution in [2.24, 2.45) is 4.99 Å². The van der Waals surface area contributed by atoms with Crippen molar-refractivity contribution in [1.29, 1.82) is 0 Å². The zero-order valence-electron chi connectivity index (χ0n) is 5.47. The number of halogens is 1. The maximum absolute atomic E-state index is 3.98. The average molecular weight is 188 g/mol. The Morgan fingerprint density at radius 3 is 2.78 bits per heavy atom. The molecule has 0 aliphatic carbocycles.